The number of hydrogen-bond acceptors (Lipinski definition) is 2. The van der Waals surface area contributed by atoms with E-state index in [9.17, 15) is 5.11 Å². The Kier molecular flexibility index (Phi) is 14.9. The summed E-state index contributed by atoms with van der Waals surface area (Å²) in [4.78, 5) is 0. The first-order chi connectivity index (χ1) is 8.81. The van der Waals surface area contributed by atoms with Crippen molar-refractivity contribution in [2.75, 3.05) is 6.54 Å². The maximum Gasteiger partial charge on any atom is 0.104 e. The lowest BCUT2D eigenvalue weighted by atomic mass is 10.1. The smallest absolute Gasteiger partial charge is 0.104 e. The van der Waals surface area contributed by atoms with E-state index in [1.807, 2.05) is 6.92 Å². The molecule has 0 aromatic heterocycles. The first-order valence-electron chi connectivity index (χ1n) is 8.22. The Bertz CT molecular complexity index is 150. The molecule has 2 N–H and O–H groups in total. The molecule has 110 valence electrons. The van der Waals surface area contributed by atoms with Gasteiger partial charge in [-0.2, -0.15) is 0 Å². The second kappa shape index (κ2) is 15.0. The maximum absolute atomic E-state index is 9.31. The van der Waals surface area contributed by atoms with E-state index in [1.54, 1.807) is 0 Å². The molecule has 0 spiro atoms. The van der Waals surface area contributed by atoms with Gasteiger partial charge in [0.25, 0.3) is 0 Å². The van der Waals surface area contributed by atoms with Gasteiger partial charge >= 0.3 is 0 Å². The van der Waals surface area contributed by atoms with Crippen LogP contribution in [0.15, 0.2) is 0 Å². The number of rotatable bonds is 14. The molecule has 18 heavy (non-hydrogen) atoms. The molecule has 0 aliphatic carbocycles. The average Bonchev–Trinajstić information content (AvgIpc) is 2.39. The minimum absolute atomic E-state index is 0.298. The van der Waals surface area contributed by atoms with E-state index in [1.165, 1.54) is 70.6 Å². The number of aliphatic hydroxyl groups excluding tert-OH is 1. The van der Waals surface area contributed by atoms with E-state index in [0.717, 1.165) is 13.0 Å². The molecule has 0 rings (SSSR count). The van der Waals surface area contributed by atoms with E-state index in [0.29, 0.717) is 0 Å². The van der Waals surface area contributed by atoms with Crippen molar-refractivity contribution in [3.05, 3.63) is 0 Å². The summed E-state index contributed by atoms with van der Waals surface area (Å²) in [6.07, 6.45) is 15.7. The predicted molar refractivity (Wildman–Crippen MR) is 80.8 cm³/mol. The van der Waals surface area contributed by atoms with E-state index < -0.39 is 0 Å². The number of hydrogen-bond donors (Lipinski definition) is 2. The van der Waals surface area contributed by atoms with Gasteiger partial charge in [-0.15, -0.1) is 0 Å². The molecule has 0 aromatic carbocycles. The standard InChI is InChI=1S/C16H35NO/c1-3-5-6-7-8-9-10-11-12-13-14-15-17-16(18)4-2/h16-18H,3-15H2,1-2H3. The van der Waals surface area contributed by atoms with Crippen molar-refractivity contribution < 1.29 is 5.11 Å². The molecule has 0 heterocycles. The van der Waals surface area contributed by atoms with Gasteiger partial charge in [0.2, 0.25) is 0 Å². The third-order valence-corrected chi connectivity index (χ3v) is 3.55. The van der Waals surface area contributed by atoms with Gasteiger partial charge in [-0.05, 0) is 19.4 Å². The number of nitrogens with one attached hydrogen (secondary N) is 1. The molecule has 1 unspecified atom stereocenters. The summed E-state index contributed by atoms with van der Waals surface area (Å²) in [6.45, 7) is 5.23. The quantitative estimate of drug-likeness (QED) is 0.352. The van der Waals surface area contributed by atoms with E-state index >= 15 is 0 Å². The third-order valence-electron chi connectivity index (χ3n) is 3.55. The van der Waals surface area contributed by atoms with Crippen LogP contribution in [0.25, 0.3) is 0 Å². The average molecular weight is 257 g/mol. The minimum Gasteiger partial charge on any atom is -0.379 e. The van der Waals surface area contributed by atoms with Crippen LogP contribution >= 0.6 is 0 Å². The molecule has 1 atom stereocenters. The molecular formula is C16H35NO. The van der Waals surface area contributed by atoms with Crippen molar-refractivity contribution in [2.24, 2.45) is 0 Å². The SMILES string of the molecule is CCCCCCCCCCCCCNC(O)CC. The van der Waals surface area contributed by atoms with Crippen LogP contribution in [0.4, 0.5) is 0 Å². The lowest BCUT2D eigenvalue weighted by Crippen LogP contribution is -2.28. The predicted octanol–water partition coefficient (Wildman–Crippen LogP) is 4.62. The molecule has 0 saturated heterocycles. The molecule has 0 radical (unpaired) electrons. The second-order valence-electron chi connectivity index (χ2n) is 5.41. The fourth-order valence-electron chi connectivity index (χ4n) is 2.20. The minimum atomic E-state index is -0.298. The topological polar surface area (TPSA) is 32.3 Å². The van der Waals surface area contributed by atoms with Gasteiger partial charge in [0.15, 0.2) is 0 Å². The zero-order valence-corrected chi connectivity index (χ0v) is 12.7. The number of aliphatic hydroxyl groups is 1. The van der Waals surface area contributed by atoms with E-state index in [-0.39, 0.29) is 6.23 Å². The first kappa shape index (κ1) is 17.9. The Morgan fingerprint density at radius 3 is 1.61 bits per heavy atom. The van der Waals surface area contributed by atoms with Gasteiger partial charge in [-0.1, -0.05) is 78.1 Å². The molecule has 0 aliphatic rings. The van der Waals surface area contributed by atoms with Gasteiger partial charge < -0.3 is 5.11 Å². The fraction of sp³-hybridized carbons (Fsp3) is 1.00. The van der Waals surface area contributed by atoms with Crippen LogP contribution in [0, 0.1) is 0 Å². The van der Waals surface area contributed by atoms with Crippen molar-refractivity contribution in [1.29, 1.82) is 0 Å². The Hall–Kier alpha value is -0.0800. The highest BCUT2D eigenvalue weighted by atomic mass is 16.3. The van der Waals surface area contributed by atoms with Crippen molar-refractivity contribution in [2.45, 2.75) is 97.1 Å². The van der Waals surface area contributed by atoms with Gasteiger partial charge in [-0.25, -0.2) is 0 Å². The fourth-order valence-corrected chi connectivity index (χ4v) is 2.20. The highest BCUT2D eigenvalue weighted by Gasteiger charge is 1.97. The first-order valence-corrected chi connectivity index (χ1v) is 8.22. The lowest BCUT2D eigenvalue weighted by molar-refractivity contribution is 0.133. The van der Waals surface area contributed by atoms with Crippen molar-refractivity contribution in [3.8, 4) is 0 Å². The summed E-state index contributed by atoms with van der Waals surface area (Å²) in [6, 6.07) is 0. The van der Waals surface area contributed by atoms with Crippen LogP contribution in [-0.4, -0.2) is 17.9 Å². The van der Waals surface area contributed by atoms with Crippen LogP contribution in [0.3, 0.4) is 0 Å². The zero-order valence-electron chi connectivity index (χ0n) is 12.7. The molecule has 0 amide bonds. The molecule has 0 saturated carbocycles. The largest absolute Gasteiger partial charge is 0.379 e. The monoisotopic (exact) mass is 257 g/mol. The lowest BCUT2D eigenvalue weighted by Gasteiger charge is -2.09. The normalized spacial score (nSPS) is 12.8. The molecule has 2 nitrogen and oxygen atoms in total. The second-order valence-corrected chi connectivity index (χ2v) is 5.41. The Labute approximate surface area is 115 Å². The van der Waals surface area contributed by atoms with Crippen LogP contribution < -0.4 is 5.32 Å². The molecule has 0 fully saturated rings. The highest BCUT2D eigenvalue weighted by Crippen LogP contribution is 2.10. The summed E-state index contributed by atoms with van der Waals surface area (Å²) in [5.74, 6) is 0. The van der Waals surface area contributed by atoms with Gasteiger partial charge in [0, 0.05) is 0 Å². The molecule has 0 aliphatic heterocycles. The van der Waals surface area contributed by atoms with Crippen molar-refractivity contribution >= 4 is 0 Å². The van der Waals surface area contributed by atoms with E-state index in [2.05, 4.69) is 12.2 Å². The Morgan fingerprint density at radius 1 is 0.722 bits per heavy atom. The Balaban J connectivity index is 2.94. The van der Waals surface area contributed by atoms with Gasteiger partial charge in [-0.3, -0.25) is 5.32 Å². The molecular weight excluding hydrogens is 222 g/mol. The van der Waals surface area contributed by atoms with Crippen LogP contribution in [0.2, 0.25) is 0 Å². The van der Waals surface area contributed by atoms with E-state index in [4.69, 9.17) is 0 Å². The van der Waals surface area contributed by atoms with Crippen LogP contribution in [0.5, 0.6) is 0 Å². The van der Waals surface area contributed by atoms with Crippen molar-refractivity contribution in [1.82, 2.24) is 5.32 Å². The highest BCUT2D eigenvalue weighted by molar-refractivity contribution is 4.52. The van der Waals surface area contributed by atoms with Crippen LogP contribution in [0.1, 0.15) is 90.9 Å². The van der Waals surface area contributed by atoms with Crippen molar-refractivity contribution in [3.63, 3.8) is 0 Å². The summed E-state index contributed by atoms with van der Waals surface area (Å²) < 4.78 is 0. The number of unbranched alkanes of at least 4 members (excludes halogenated alkanes) is 10. The third kappa shape index (κ3) is 14.0. The molecule has 0 bridgehead atoms. The Morgan fingerprint density at radius 2 is 1.17 bits per heavy atom. The molecule has 0 aromatic rings. The van der Waals surface area contributed by atoms with Gasteiger partial charge in [0.1, 0.15) is 6.23 Å². The zero-order chi connectivity index (χ0) is 13.5. The van der Waals surface area contributed by atoms with Crippen LogP contribution in [-0.2, 0) is 0 Å². The summed E-state index contributed by atoms with van der Waals surface area (Å²) in [5.41, 5.74) is 0. The summed E-state index contributed by atoms with van der Waals surface area (Å²) in [7, 11) is 0. The maximum atomic E-state index is 9.31. The molecule has 2 heteroatoms. The summed E-state index contributed by atoms with van der Waals surface area (Å²) in [5, 5.41) is 12.4. The van der Waals surface area contributed by atoms with Gasteiger partial charge in [0.05, 0.1) is 0 Å². The summed E-state index contributed by atoms with van der Waals surface area (Å²) >= 11 is 0.